The minimum Gasteiger partial charge on any atom is -0.492 e. The van der Waals surface area contributed by atoms with Crippen LogP contribution in [0.4, 0.5) is 0 Å². The number of hydrogen-bond acceptors (Lipinski definition) is 6. The average molecular weight is 360 g/mol. The van der Waals surface area contributed by atoms with Crippen LogP contribution in [0.3, 0.4) is 0 Å². The molecule has 1 amide bonds. The lowest BCUT2D eigenvalue weighted by atomic mass is 10.1. The molecule has 0 saturated heterocycles. The maximum absolute atomic E-state index is 12.0. The third kappa shape index (κ3) is 4.59. The number of rotatable bonds is 7. The predicted molar refractivity (Wildman–Crippen MR) is 96.0 cm³/mol. The topological polar surface area (TPSA) is 126 Å². The van der Waals surface area contributed by atoms with Crippen LogP contribution in [0, 0.1) is 6.92 Å². The summed E-state index contributed by atoms with van der Waals surface area (Å²) in [6, 6.07) is 5.30. The summed E-state index contributed by atoms with van der Waals surface area (Å²) in [6.45, 7) is 3.90. The van der Waals surface area contributed by atoms with Crippen LogP contribution < -0.4 is 26.1 Å². The Morgan fingerprint density at radius 2 is 2.08 bits per heavy atom. The summed E-state index contributed by atoms with van der Waals surface area (Å²) < 4.78 is 10.8. The van der Waals surface area contributed by atoms with Crippen LogP contribution in [0.2, 0.25) is 0 Å². The van der Waals surface area contributed by atoms with Gasteiger partial charge < -0.3 is 14.5 Å². The molecule has 0 atom stereocenters. The molecule has 0 bridgehead atoms. The van der Waals surface area contributed by atoms with E-state index in [0.717, 1.165) is 0 Å². The van der Waals surface area contributed by atoms with Crippen molar-refractivity contribution in [2.75, 3.05) is 13.7 Å². The largest absolute Gasteiger partial charge is 0.492 e. The van der Waals surface area contributed by atoms with Crippen LogP contribution in [0.5, 0.6) is 11.5 Å². The molecule has 26 heavy (non-hydrogen) atoms. The number of hydrazone groups is 1. The normalized spacial score (nSPS) is 10.7. The molecule has 0 unspecified atom stereocenters. The van der Waals surface area contributed by atoms with Gasteiger partial charge in [0.25, 0.3) is 5.56 Å². The molecule has 138 valence electrons. The number of aryl methyl sites for hydroxylation is 1. The molecule has 0 saturated carbocycles. The standard InChI is InChI=1S/C17H20N4O5/c1-4-26-13-7-5-6-11(15(13)25-3)9-18-21-14(22)8-12-10(2)19-17(24)20-16(12)23/h5-7,9H,4,8H2,1-3H3,(H,21,22)(H2,19,20,23,24)/b18-9-. The minimum atomic E-state index is -0.615. The number of aromatic amines is 2. The van der Waals surface area contributed by atoms with Gasteiger partial charge in [0, 0.05) is 16.8 Å². The van der Waals surface area contributed by atoms with Crippen molar-refractivity contribution in [2.45, 2.75) is 20.3 Å². The fourth-order valence-electron chi connectivity index (χ4n) is 2.33. The average Bonchev–Trinajstić information content (AvgIpc) is 2.58. The van der Waals surface area contributed by atoms with Gasteiger partial charge in [-0.3, -0.25) is 14.6 Å². The fourth-order valence-corrected chi connectivity index (χ4v) is 2.33. The Balaban J connectivity index is 2.09. The van der Waals surface area contributed by atoms with Gasteiger partial charge in [-0.25, -0.2) is 10.2 Å². The van der Waals surface area contributed by atoms with Gasteiger partial charge in [0.1, 0.15) is 0 Å². The summed E-state index contributed by atoms with van der Waals surface area (Å²) in [6.07, 6.45) is 1.20. The Labute approximate surface area is 149 Å². The molecular weight excluding hydrogens is 340 g/mol. The van der Waals surface area contributed by atoms with Crippen molar-refractivity contribution < 1.29 is 14.3 Å². The molecule has 2 rings (SSSR count). The van der Waals surface area contributed by atoms with Crippen molar-refractivity contribution in [3.05, 3.63) is 55.9 Å². The number of benzene rings is 1. The second-order valence-corrected chi connectivity index (χ2v) is 5.29. The Morgan fingerprint density at radius 3 is 2.73 bits per heavy atom. The Hall–Kier alpha value is -3.36. The minimum absolute atomic E-state index is 0.174. The SMILES string of the molecule is CCOc1cccc(/C=N\NC(=O)Cc2c(C)[nH]c(=O)[nH]c2=O)c1OC. The zero-order valence-electron chi connectivity index (χ0n) is 14.7. The molecule has 0 radical (unpaired) electrons. The summed E-state index contributed by atoms with van der Waals surface area (Å²) in [4.78, 5) is 39.4. The second-order valence-electron chi connectivity index (χ2n) is 5.29. The molecule has 0 fully saturated rings. The number of carbonyl (C=O) groups excluding carboxylic acids is 1. The first-order valence-electron chi connectivity index (χ1n) is 7.90. The second kappa shape index (κ2) is 8.65. The third-order valence-electron chi connectivity index (χ3n) is 3.50. The molecule has 2 aromatic rings. The summed E-state index contributed by atoms with van der Waals surface area (Å²) in [5.74, 6) is 0.572. The molecule has 9 heteroatoms. The molecule has 1 heterocycles. The summed E-state index contributed by atoms with van der Waals surface area (Å²) in [7, 11) is 1.51. The van der Waals surface area contributed by atoms with E-state index < -0.39 is 17.2 Å². The number of methoxy groups -OCH3 is 1. The van der Waals surface area contributed by atoms with E-state index in [1.54, 1.807) is 25.1 Å². The first-order chi connectivity index (χ1) is 12.5. The third-order valence-corrected chi connectivity index (χ3v) is 3.50. The Bertz CT molecular complexity index is 929. The first-order valence-corrected chi connectivity index (χ1v) is 7.90. The van der Waals surface area contributed by atoms with Crippen LogP contribution in [0.25, 0.3) is 0 Å². The summed E-state index contributed by atoms with van der Waals surface area (Å²) in [5.41, 5.74) is 2.26. The van der Waals surface area contributed by atoms with Gasteiger partial charge >= 0.3 is 5.69 Å². The molecule has 1 aromatic heterocycles. The van der Waals surface area contributed by atoms with E-state index in [1.807, 2.05) is 6.92 Å². The molecule has 9 nitrogen and oxygen atoms in total. The van der Waals surface area contributed by atoms with Gasteiger partial charge in [0.15, 0.2) is 11.5 Å². The predicted octanol–water partition coefficient (Wildman–Crippen LogP) is 0.472. The van der Waals surface area contributed by atoms with Gasteiger partial charge in [-0.2, -0.15) is 5.10 Å². The molecule has 0 aliphatic heterocycles. The zero-order chi connectivity index (χ0) is 19.1. The highest BCUT2D eigenvalue weighted by molar-refractivity contribution is 5.86. The number of carbonyl (C=O) groups is 1. The Morgan fingerprint density at radius 1 is 1.31 bits per heavy atom. The molecule has 1 aromatic carbocycles. The summed E-state index contributed by atoms with van der Waals surface area (Å²) >= 11 is 0. The highest BCUT2D eigenvalue weighted by Gasteiger charge is 2.11. The number of H-pyrrole nitrogens is 2. The number of para-hydroxylation sites is 1. The molecule has 0 aliphatic rings. The van der Waals surface area contributed by atoms with E-state index in [0.29, 0.717) is 29.4 Å². The monoisotopic (exact) mass is 360 g/mol. The first kappa shape index (κ1) is 19.0. The Kier molecular flexibility index (Phi) is 6.31. The maximum Gasteiger partial charge on any atom is 0.325 e. The molecular formula is C17H20N4O5. The van der Waals surface area contributed by atoms with Gasteiger partial charge in [-0.05, 0) is 26.0 Å². The number of hydrogen-bond donors (Lipinski definition) is 3. The van der Waals surface area contributed by atoms with Crippen molar-refractivity contribution in [3.63, 3.8) is 0 Å². The van der Waals surface area contributed by atoms with E-state index in [9.17, 15) is 14.4 Å². The van der Waals surface area contributed by atoms with Crippen molar-refractivity contribution in [1.82, 2.24) is 15.4 Å². The molecule has 0 aliphatic carbocycles. The van der Waals surface area contributed by atoms with E-state index in [2.05, 4.69) is 20.5 Å². The number of nitrogens with zero attached hydrogens (tertiary/aromatic N) is 1. The van der Waals surface area contributed by atoms with Crippen LogP contribution >= 0.6 is 0 Å². The van der Waals surface area contributed by atoms with Crippen molar-refractivity contribution in [1.29, 1.82) is 0 Å². The van der Waals surface area contributed by atoms with Crippen LogP contribution in [-0.4, -0.2) is 35.8 Å². The van der Waals surface area contributed by atoms with Crippen LogP contribution in [0.1, 0.15) is 23.7 Å². The lowest BCUT2D eigenvalue weighted by Gasteiger charge is -2.11. The van der Waals surface area contributed by atoms with E-state index in [-0.39, 0.29) is 12.0 Å². The van der Waals surface area contributed by atoms with Gasteiger partial charge in [-0.1, -0.05) is 6.07 Å². The lowest BCUT2D eigenvalue weighted by Crippen LogP contribution is -2.30. The fraction of sp³-hybridized carbons (Fsp3) is 0.294. The lowest BCUT2D eigenvalue weighted by molar-refractivity contribution is -0.120. The van der Waals surface area contributed by atoms with Gasteiger partial charge in [0.2, 0.25) is 5.91 Å². The quantitative estimate of drug-likeness (QED) is 0.489. The number of ether oxygens (including phenoxy) is 2. The van der Waals surface area contributed by atoms with Crippen LogP contribution in [0.15, 0.2) is 32.9 Å². The highest BCUT2D eigenvalue weighted by Crippen LogP contribution is 2.29. The van der Waals surface area contributed by atoms with E-state index in [4.69, 9.17) is 9.47 Å². The summed E-state index contributed by atoms with van der Waals surface area (Å²) in [5, 5.41) is 3.88. The molecule has 3 N–H and O–H groups in total. The van der Waals surface area contributed by atoms with E-state index >= 15 is 0 Å². The van der Waals surface area contributed by atoms with Gasteiger partial charge in [0.05, 0.1) is 26.4 Å². The van der Waals surface area contributed by atoms with Crippen molar-refractivity contribution in [2.24, 2.45) is 5.10 Å². The van der Waals surface area contributed by atoms with Crippen LogP contribution in [-0.2, 0) is 11.2 Å². The smallest absolute Gasteiger partial charge is 0.325 e. The van der Waals surface area contributed by atoms with Crippen molar-refractivity contribution in [3.8, 4) is 11.5 Å². The number of nitrogens with one attached hydrogen (secondary N) is 3. The van der Waals surface area contributed by atoms with Gasteiger partial charge in [-0.15, -0.1) is 0 Å². The molecule has 0 spiro atoms. The number of aromatic nitrogens is 2. The number of amides is 1. The zero-order valence-corrected chi connectivity index (χ0v) is 14.7. The van der Waals surface area contributed by atoms with Crippen molar-refractivity contribution >= 4 is 12.1 Å². The van der Waals surface area contributed by atoms with E-state index in [1.165, 1.54) is 13.3 Å². The maximum atomic E-state index is 12.0. The highest BCUT2D eigenvalue weighted by atomic mass is 16.5.